The molecule has 1 aliphatic rings. The van der Waals surface area contributed by atoms with Gasteiger partial charge in [0, 0.05) is 33.3 Å². The molecular weight excluding hydrogens is 606 g/mol. The van der Waals surface area contributed by atoms with E-state index in [1.54, 1.807) is 43.3 Å². The van der Waals surface area contributed by atoms with Gasteiger partial charge in [-0.25, -0.2) is 4.79 Å². The molecule has 0 saturated carbocycles. The Bertz CT molecular complexity index is 1280. The number of ether oxygens (including phenoxy) is 6. The molecule has 43 heavy (non-hydrogen) atoms. The Kier molecular flexibility index (Phi) is 14.2. The first-order valence-corrected chi connectivity index (χ1v) is 14.7. The van der Waals surface area contributed by atoms with Crippen molar-refractivity contribution in [2.45, 2.75) is 64.5 Å². The monoisotopic (exact) mass is 637 g/mol. The summed E-state index contributed by atoms with van der Waals surface area (Å²) in [5, 5.41) is 9.90. The maximum Gasteiger partial charge on any atom is 0.350 e. The van der Waals surface area contributed by atoms with Gasteiger partial charge < -0.3 is 28.4 Å². The van der Waals surface area contributed by atoms with Crippen molar-refractivity contribution in [3.05, 3.63) is 45.7 Å². The van der Waals surface area contributed by atoms with Crippen LogP contribution in [0.15, 0.2) is 40.1 Å². The summed E-state index contributed by atoms with van der Waals surface area (Å²) in [4.78, 5) is 73.5. The van der Waals surface area contributed by atoms with Crippen LogP contribution in [-0.2, 0) is 52.4 Å². The lowest BCUT2D eigenvalue weighted by Gasteiger charge is -2.44. The molecule has 5 atom stereocenters. The predicted molar refractivity (Wildman–Crippen MR) is 152 cm³/mol. The van der Waals surface area contributed by atoms with E-state index < -0.39 is 71.9 Å². The van der Waals surface area contributed by atoms with Gasteiger partial charge in [0.2, 0.25) is 0 Å². The van der Waals surface area contributed by atoms with Gasteiger partial charge in [-0.2, -0.15) is 5.26 Å². The third kappa shape index (κ3) is 11.0. The van der Waals surface area contributed by atoms with Crippen molar-refractivity contribution in [2.75, 3.05) is 19.0 Å². The van der Waals surface area contributed by atoms with Gasteiger partial charge in [0.25, 0.3) is 0 Å². The molecule has 1 saturated heterocycles. The highest BCUT2D eigenvalue weighted by Crippen LogP contribution is 2.42. The highest BCUT2D eigenvalue weighted by molar-refractivity contribution is 8.22. The maximum absolute atomic E-state index is 12.9. The normalized spacial score (nSPS) is 21.7. The van der Waals surface area contributed by atoms with E-state index in [1.807, 2.05) is 0 Å². The van der Waals surface area contributed by atoms with Crippen LogP contribution in [0.2, 0.25) is 0 Å². The third-order valence-corrected chi connectivity index (χ3v) is 7.94. The first kappa shape index (κ1) is 35.3. The third-order valence-electron chi connectivity index (χ3n) is 5.40. The number of carbonyl (C=O) groups is 6. The average Bonchev–Trinajstić information content (AvgIpc) is 2.93. The van der Waals surface area contributed by atoms with Gasteiger partial charge in [-0.15, -0.1) is 11.8 Å². The zero-order valence-electron chi connectivity index (χ0n) is 24.1. The van der Waals surface area contributed by atoms with Gasteiger partial charge in [0.05, 0.1) is 16.6 Å². The fourth-order valence-electron chi connectivity index (χ4n) is 3.77. The van der Waals surface area contributed by atoms with Crippen LogP contribution < -0.4 is 0 Å². The van der Waals surface area contributed by atoms with Gasteiger partial charge >= 0.3 is 29.8 Å². The van der Waals surface area contributed by atoms with Crippen molar-refractivity contribution in [2.24, 2.45) is 0 Å². The molecule has 0 unspecified atom stereocenters. The number of ketones is 1. The van der Waals surface area contributed by atoms with Gasteiger partial charge in [-0.05, 0) is 6.92 Å². The quantitative estimate of drug-likeness (QED) is 0.101. The molecule has 0 amide bonds. The molecule has 1 heterocycles. The molecule has 0 N–H and O–H groups in total. The topological polar surface area (TPSA) is 182 Å². The summed E-state index contributed by atoms with van der Waals surface area (Å²) in [6.07, 6.45) is -5.54. The fourth-order valence-corrected chi connectivity index (χ4v) is 6.21. The Morgan fingerprint density at radius 1 is 0.837 bits per heavy atom. The summed E-state index contributed by atoms with van der Waals surface area (Å²) in [6, 6.07) is 10.1. The highest BCUT2D eigenvalue weighted by Gasteiger charge is 2.53. The lowest BCUT2D eigenvalue weighted by Crippen LogP contribution is -2.61. The Morgan fingerprint density at radius 3 is 1.95 bits per heavy atom. The maximum atomic E-state index is 12.9. The lowest BCUT2D eigenvalue weighted by atomic mass is 9.99. The highest BCUT2D eigenvalue weighted by atomic mass is 32.2. The van der Waals surface area contributed by atoms with Crippen molar-refractivity contribution in [1.29, 1.82) is 5.26 Å². The number of thioether (sulfide) groups is 2. The fraction of sp³-hybridized carbons (Fsp3) is 0.464. The van der Waals surface area contributed by atoms with E-state index in [1.165, 1.54) is 0 Å². The predicted octanol–water partition coefficient (Wildman–Crippen LogP) is 2.72. The van der Waals surface area contributed by atoms with E-state index in [4.69, 9.17) is 28.4 Å². The molecule has 1 aromatic carbocycles. The van der Waals surface area contributed by atoms with E-state index in [-0.39, 0.29) is 22.4 Å². The van der Waals surface area contributed by atoms with Crippen LogP contribution in [0.25, 0.3) is 0 Å². The first-order valence-electron chi connectivity index (χ1n) is 12.9. The van der Waals surface area contributed by atoms with Gasteiger partial charge in [-0.3, -0.25) is 24.0 Å². The van der Waals surface area contributed by atoms with Crippen molar-refractivity contribution in [3.8, 4) is 6.07 Å². The van der Waals surface area contributed by atoms with Crippen LogP contribution in [0, 0.1) is 11.3 Å². The average molecular weight is 638 g/mol. The second kappa shape index (κ2) is 17.3. The van der Waals surface area contributed by atoms with E-state index in [0.29, 0.717) is 5.56 Å². The van der Waals surface area contributed by atoms with Gasteiger partial charge in [0.1, 0.15) is 24.2 Å². The van der Waals surface area contributed by atoms with E-state index in [0.717, 1.165) is 51.2 Å². The molecule has 1 fully saturated rings. The van der Waals surface area contributed by atoms with E-state index in [9.17, 15) is 34.0 Å². The summed E-state index contributed by atoms with van der Waals surface area (Å²) in [7, 11) is 0. The molecule has 0 radical (unpaired) electrons. The second-order valence-corrected chi connectivity index (χ2v) is 11.1. The summed E-state index contributed by atoms with van der Waals surface area (Å²) < 4.78 is 32.4. The molecule has 13 nitrogen and oxygen atoms in total. The minimum atomic E-state index is -1.46. The molecule has 1 aliphatic heterocycles. The van der Waals surface area contributed by atoms with Crippen LogP contribution in [0.4, 0.5) is 0 Å². The SMILES string of the molecule is CCOC(=O)/C(C#N)=C(/SCC(=O)c1ccccc1)S[C@@H]1O[C@H](COC(C)=O)[C@H](OC(C)=O)[C@H](OC(C)=O)[C@H]1OC(C)=O. The van der Waals surface area contributed by atoms with Gasteiger partial charge in [0.15, 0.2) is 29.7 Å². The summed E-state index contributed by atoms with van der Waals surface area (Å²) in [5.41, 5.74) is -1.39. The number of hydrogen-bond acceptors (Lipinski definition) is 15. The van der Waals surface area contributed by atoms with Crippen LogP contribution in [0.1, 0.15) is 45.0 Å². The molecule has 1 aromatic rings. The second-order valence-electron chi connectivity index (χ2n) is 8.76. The van der Waals surface area contributed by atoms with E-state index in [2.05, 4.69) is 0 Å². The zero-order chi connectivity index (χ0) is 32.1. The number of rotatable bonds is 13. The molecule has 2 rings (SSSR count). The van der Waals surface area contributed by atoms with Gasteiger partial charge in [-0.1, -0.05) is 42.1 Å². The van der Waals surface area contributed by atoms with Crippen LogP contribution in [-0.4, -0.2) is 84.4 Å². The van der Waals surface area contributed by atoms with Crippen LogP contribution >= 0.6 is 23.5 Å². The van der Waals surface area contributed by atoms with Crippen molar-refractivity contribution >= 4 is 59.2 Å². The Labute approximate surface area is 256 Å². The Hall–Kier alpha value is -3.87. The largest absolute Gasteiger partial charge is 0.463 e. The summed E-state index contributed by atoms with van der Waals surface area (Å²) in [6.45, 7) is 5.44. The molecular formula is C28H31NO12S2. The minimum Gasteiger partial charge on any atom is -0.463 e. The van der Waals surface area contributed by atoms with Crippen LogP contribution in [0.3, 0.4) is 0 Å². The molecule has 0 aromatic heterocycles. The Morgan fingerprint density at radius 2 is 1.42 bits per heavy atom. The number of esters is 5. The smallest absolute Gasteiger partial charge is 0.350 e. The lowest BCUT2D eigenvalue weighted by molar-refractivity contribution is -0.237. The number of Topliss-reactive ketones (excluding diaryl/α,β-unsaturated/α-hetero) is 1. The standard InChI is InChI=1S/C28H31NO12S2/c1-6-36-26(35)20(12-29)28(42-14-21(34)19-10-8-7-9-11-19)43-27-25(40-18(5)33)24(39-17(4)32)23(38-16(3)31)22(41-27)13-37-15(2)30/h7-11,22-25,27H,6,13-14H2,1-5H3/b28-20-/t22-,23+,24+,25-,27+/m1/s1. The van der Waals surface area contributed by atoms with Crippen LogP contribution in [0.5, 0.6) is 0 Å². The summed E-state index contributed by atoms with van der Waals surface area (Å²) >= 11 is 1.57. The van der Waals surface area contributed by atoms with Crippen molar-refractivity contribution in [1.82, 2.24) is 0 Å². The number of carbonyl (C=O) groups excluding carboxylic acids is 6. The number of nitriles is 1. The number of nitrogens with zero attached hydrogens (tertiary/aromatic N) is 1. The first-order chi connectivity index (χ1) is 20.4. The van der Waals surface area contributed by atoms with Crippen molar-refractivity contribution in [3.63, 3.8) is 0 Å². The molecule has 0 bridgehead atoms. The molecule has 0 spiro atoms. The minimum absolute atomic E-state index is 0.0221. The molecule has 15 heteroatoms. The molecule has 0 aliphatic carbocycles. The van der Waals surface area contributed by atoms with E-state index >= 15 is 0 Å². The van der Waals surface area contributed by atoms with Crippen molar-refractivity contribution < 1.29 is 57.2 Å². The Balaban J connectivity index is 2.60. The summed E-state index contributed by atoms with van der Waals surface area (Å²) in [5.74, 6) is -4.62. The number of hydrogen-bond donors (Lipinski definition) is 0. The number of benzene rings is 1. The zero-order valence-corrected chi connectivity index (χ0v) is 25.7. The molecule has 232 valence electrons.